The molecule has 0 heterocycles. The minimum absolute atomic E-state index is 0. The van der Waals surface area contributed by atoms with Gasteiger partial charge in [0.25, 0.3) is 0 Å². The first kappa shape index (κ1) is 40.4. The maximum absolute atomic E-state index is 9.19. The maximum atomic E-state index is 9.19. The molecule has 5 rings (SSSR count). The molecule has 1 aliphatic carbocycles. The fourth-order valence-electron chi connectivity index (χ4n) is 4.76. The Morgan fingerprint density at radius 1 is 0.591 bits per heavy atom. The molecule has 5 heteroatoms. The molecule has 0 aromatic heterocycles. The average molecular weight is 627 g/mol. The molecule has 44 heavy (non-hydrogen) atoms. The minimum Gasteiger partial charge on any atom is -0.508 e. The largest absolute Gasteiger partial charge is 0.508 e. The lowest BCUT2D eigenvalue weighted by atomic mass is 9.82. The van der Waals surface area contributed by atoms with Gasteiger partial charge in [0.05, 0.1) is 0 Å². The van der Waals surface area contributed by atoms with Gasteiger partial charge in [0.2, 0.25) is 0 Å². The highest BCUT2D eigenvalue weighted by Gasteiger charge is 2.34. The normalized spacial score (nSPS) is 11.4. The molecular formula is C39H54O3Si2. The zero-order chi connectivity index (χ0) is 31.1. The van der Waals surface area contributed by atoms with Crippen LogP contribution in [0, 0.1) is 0 Å². The molecule has 236 valence electrons. The van der Waals surface area contributed by atoms with Crippen LogP contribution in [0.25, 0.3) is 11.1 Å². The van der Waals surface area contributed by atoms with Crippen molar-refractivity contribution < 1.29 is 14.3 Å². The van der Waals surface area contributed by atoms with E-state index in [0.717, 1.165) is 24.0 Å². The Morgan fingerprint density at radius 3 is 1.20 bits per heavy atom. The second-order valence-corrected chi connectivity index (χ2v) is 15.3. The molecule has 0 fully saturated rings. The minimum atomic E-state index is -0.389. The van der Waals surface area contributed by atoms with E-state index in [4.69, 9.17) is 4.12 Å². The van der Waals surface area contributed by atoms with Crippen LogP contribution < -0.4 is 0 Å². The molecule has 0 saturated heterocycles. The molecule has 2 N–H and O–H groups in total. The van der Waals surface area contributed by atoms with Crippen molar-refractivity contribution in [1.29, 1.82) is 0 Å². The highest BCUT2D eigenvalue weighted by Crippen LogP contribution is 2.47. The Bertz CT molecular complexity index is 1300. The Hall–Kier alpha value is -3.65. The Labute approximate surface area is 272 Å². The second-order valence-electron chi connectivity index (χ2n) is 10.9. The maximum Gasteiger partial charge on any atom is 0.191 e. The number of phenolic OH excluding ortho intramolecular Hbond substituents is 2. The summed E-state index contributed by atoms with van der Waals surface area (Å²) in [5.41, 5.74) is 7.72. The van der Waals surface area contributed by atoms with Gasteiger partial charge in [0, 0.05) is 5.41 Å². The van der Waals surface area contributed by atoms with E-state index < -0.39 is 0 Å². The Morgan fingerprint density at radius 2 is 0.909 bits per heavy atom. The molecule has 0 saturated carbocycles. The van der Waals surface area contributed by atoms with Gasteiger partial charge in [-0.15, -0.1) is 13.2 Å². The summed E-state index contributed by atoms with van der Waals surface area (Å²) in [6.45, 7) is 20.5. The quantitative estimate of drug-likeness (QED) is 0.165. The van der Waals surface area contributed by atoms with Crippen LogP contribution in [0.3, 0.4) is 0 Å². The highest BCUT2D eigenvalue weighted by molar-refractivity contribution is 6.63. The van der Waals surface area contributed by atoms with Gasteiger partial charge in [-0.1, -0.05) is 126 Å². The van der Waals surface area contributed by atoms with Crippen molar-refractivity contribution >= 4 is 18.1 Å². The van der Waals surface area contributed by atoms with Gasteiger partial charge in [-0.2, -0.15) is 0 Å². The van der Waals surface area contributed by atoms with Gasteiger partial charge in [-0.05, 0) is 84.5 Å². The lowest BCUT2D eigenvalue weighted by molar-refractivity contribution is 0.469. The van der Waals surface area contributed by atoms with Crippen LogP contribution in [-0.2, 0) is 22.4 Å². The van der Waals surface area contributed by atoms with E-state index in [9.17, 15) is 10.2 Å². The van der Waals surface area contributed by atoms with Gasteiger partial charge in [-0.25, -0.2) is 0 Å². The predicted molar refractivity (Wildman–Crippen MR) is 198 cm³/mol. The van der Waals surface area contributed by atoms with Crippen LogP contribution in [0.4, 0.5) is 0 Å². The van der Waals surface area contributed by atoms with E-state index in [2.05, 4.69) is 102 Å². The molecule has 0 atom stereocenters. The summed E-state index contributed by atoms with van der Waals surface area (Å²) in [4.78, 5) is 0. The average Bonchev–Trinajstić information content (AvgIpc) is 3.19. The number of fused-ring (bicyclic) bond motifs is 3. The predicted octanol–water partition coefficient (Wildman–Crippen LogP) is 11.0. The van der Waals surface area contributed by atoms with Gasteiger partial charge in [0.1, 0.15) is 11.5 Å². The number of aromatic hydroxyl groups is 2. The fourth-order valence-corrected chi connectivity index (χ4v) is 8.02. The number of hydrogen-bond acceptors (Lipinski definition) is 3. The van der Waals surface area contributed by atoms with Crippen molar-refractivity contribution in [3.63, 3.8) is 0 Å². The molecule has 2 radical (unpaired) electrons. The topological polar surface area (TPSA) is 49.7 Å². The molecule has 0 amide bonds. The van der Waals surface area contributed by atoms with Crippen LogP contribution in [0.5, 0.6) is 11.5 Å². The van der Waals surface area contributed by atoms with Crippen LogP contribution in [0.1, 0.15) is 51.0 Å². The van der Waals surface area contributed by atoms with Crippen molar-refractivity contribution in [2.75, 3.05) is 0 Å². The molecule has 4 aromatic rings. The summed E-state index contributed by atoms with van der Waals surface area (Å²) in [7, 11) is -0.778. The summed E-state index contributed by atoms with van der Waals surface area (Å²) in [6, 6.07) is 32.0. The van der Waals surface area contributed by atoms with Crippen molar-refractivity contribution in [1.82, 2.24) is 0 Å². The van der Waals surface area contributed by atoms with Gasteiger partial charge >= 0.3 is 0 Å². The smallest absolute Gasteiger partial charge is 0.191 e. The fraction of sp³-hybridized carbons (Fsp3) is 0.282. The first-order chi connectivity index (χ1) is 20.0. The van der Waals surface area contributed by atoms with Crippen molar-refractivity contribution in [3.8, 4) is 22.6 Å². The summed E-state index contributed by atoms with van der Waals surface area (Å²) in [5.74, 6) is 0.699. The van der Waals surface area contributed by atoms with Crippen molar-refractivity contribution in [2.45, 2.75) is 73.1 Å². The summed E-state index contributed by atoms with van der Waals surface area (Å²) in [6.07, 6.45) is 5.00. The third-order valence-corrected chi connectivity index (χ3v) is 9.88. The monoisotopic (exact) mass is 626 g/mol. The van der Waals surface area contributed by atoms with E-state index in [1.165, 1.54) is 22.3 Å². The van der Waals surface area contributed by atoms with E-state index in [1.807, 2.05) is 36.4 Å². The number of hydrogen-bond donors (Lipinski definition) is 2. The SMILES string of the molecule is C.C.C=CCc1ccccc1O.C=CCc1ccccc1O.CC1(C)c2ccccc2-c2ccccc21.C[Si](C)O[Si](C)C. The van der Waals surface area contributed by atoms with Crippen LogP contribution in [0.15, 0.2) is 122 Å². The lowest BCUT2D eigenvalue weighted by Crippen LogP contribution is -2.17. The third-order valence-electron chi connectivity index (χ3n) is 6.61. The molecule has 0 spiro atoms. The third kappa shape index (κ3) is 12.2. The molecular weight excluding hydrogens is 573 g/mol. The van der Waals surface area contributed by atoms with Gasteiger partial charge in [0.15, 0.2) is 18.1 Å². The lowest BCUT2D eigenvalue weighted by Gasteiger charge is -2.20. The van der Waals surface area contributed by atoms with Crippen LogP contribution in [-0.4, -0.2) is 28.3 Å². The van der Waals surface area contributed by atoms with Crippen molar-refractivity contribution in [2.24, 2.45) is 0 Å². The molecule has 0 bridgehead atoms. The Balaban J connectivity index is 0.000000575. The van der Waals surface area contributed by atoms with Crippen LogP contribution >= 0.6 is 0 Å². The highest BCUT2D eigenvalue weighted by atomic mass is 28.4. The van der Waals surface area contributed by atoms with Gasteiger partial charge in [-0.3, -0.25) is 0 Å². The Kier molecular flexibility index (Phi) is 18.7. The number of phenols is 2. The summed E-state index contributed by atoms with van der Waals surface area (Å²) >= 11 is 0. The van der Waals surface area contributed by atoms with Crippen molar-refractivity contribution in [3.05, 3.63) is 145 Å². The molecule has 3 nitrogen and oxygen atoms in total. The summed E-state index contributed by atoms with van der Waals surface area (Å²) < 4.78 is 5.45. The first-order valence-electron chi connectivity index (χ1n) is 14.3. The van der Waals surface area contributed by atoms with E-state index >= 15 is 0 Å². The molecule has 1 aliphatic rings. The zero-order valence-corrected chi connectivity index (χ0v) is 28.0. The standard InChI is InChI=1S/C15H14.2C9H10O.C4H12OSi2.2CH4/c1-15(2)13-9-5-3-7-11(13)12-8-4-6-10-14(12)15;2*1-2-5-8-6-3-4-7-9(8)10;1-6(2)5-7(3)4;;/h3-10H,1-2H3;2*2-4,6-7,10H,1,5H2;1-4H3;2*1H4. The number of para-hydroxylation sites is 2. The van der Waals surface area contributed by atoms with E-state index in [1.54, 1.807) is 24.3 Å². The second kappa shape index (κ2) is 20.3. The number of allylic oxidation sites excluding steroid dienone is 2. The van der Waals surface area contributed by atoms with E-state index in [-0.39, 0.29) is 38.3 Å². The van der Waals surface area contributed by atoms with Gasteiger partial charge < -0.3 is 14.3 Å². The number of benzene rings is 4. The van der Waals surface area contributed by atoms with E-state index in [0.29, 0.717) is 11.5 Å². The zero-order valence-electron chi connectivity index (χ0n) is 26.0. The first-order valence-corrected chi connectivity index (χ1v) is 19.1. The molecule has 0 unspecified atom stereocenters. The molecule has 0 aliphatic heterocycles. The molecule has 4 aromatic carbocycles. The summed E-state index contributed by atoms with van der Waals surface area (Å²) in [5, 5.41) is 18.4. The number of rotatable bonds is 6. The van der Waals surface area contributed by atoms with Crippen LogP contribution in [0.2, 0.25) is 26.2 Å².